The summed E-state index contributed by atoms with van der Waals surface area (Å²) in [6.07, 6.45) is 3.79. The summed E-state index contributed by atoms with van der Waals surface area (Å²) >= 11 is 0. The van der Waals surface area contributed by atoms with Crippen LogP contribution in [0.4, 0.5) is 4.39 Å². The molecule has 0 spiro atoms. The molecule has 29 heavy (non-hydrogen) atoms. The standard InChI is InChI=1S/C21H24FNO5S/c1-27-20-11-6-16(14-19(20)22)15-28-21(24)17-7-9-18(10-8-17)29(25,26)23-12-4-2-3-5-13-23/h6-11,14H,2-5,12-13,15H2,1H3. The first-order chi connectivity index (χ1) is 13.9. The molecule has 1 saturated heterocycles. The largest absolute Gasteiger partial charge is 0.494 e. The Morgan fingerprint density at radius 1 is 1.03 bits per heavy atom. The van der Waals surface area contributed by atoms with E-state index in [1.165, 1.54) is 47.8 Å². The van der Waals surface area contributed by atoms with Gasteiger partial charge in [0, 0.05) is 13.1 Å². The van der Waals surface area contributed by atoms with Crippen LogP contribution in [0.5, 0.6) is 5.75 Å². The molecule has 2 aromatic carbocycles. The zero-order valence-electron chi connectivity index (χ0n) is 16.3. The molecule has 1 aliphatic rings. The summed E-state index contributed by atoms with van der Waals surface area (Å²) < 4.78 is 50.8. The molecular formula is C21H24FNO5S. The average molecular weight is 421 g/mol. The number of sulfonamides is 1. The van der Waals surface area contributed by atoms with Crippen molar-refractivity contribution in [2.24, 2.45) is 0 Å². The third-order valence-electron chi connectivity index (χ3n) is 4.88. The molecule has 0 N–H and O–H groups in total. The Kier molecular flexibility index (Phi) is 6.87. The maximum atomic E-state index is 13.7. The van der Waals surface area contributed by atoms with Gasteiger partial charge in [0.05, 0.1) is 17.6 Å². The second kappa shape index (κ2) is 9.37. The van der Waals surface area contributed by atoms with Crippen molar-refractivity contribution < 1.29 is 27.1 Å². The first-order valence-corrected chi connectivity index (χ1v) is 11.0. The number of methoxy groups -OCH3 is 1. The molecule has 0 bridgehead atoms. The van der Waals surface area contributed by atoms with Crippen molar-refractivity contribution in [3.8, 4) is 5.75 Å². The SMILES string of the molecule is COc1ccc(COC(=O)c2ccc(S(=O)(=O)N3CCCCCC3)cc2)cc1F. The smallest absolute Gasteiger partial charge is 0.338 e. The summed E-state index contributed by atoms with van der Waals surface area (Å²) in [4.78, 5) is 12.4. The van der Waals surface area contributed by atoms with Crippen LogP contribution in [-0.2, 0) is 21.4 Å². The van der Waals surface area contributed by atoms with E-state index in [0.29, 0.717) is 18.7 Å². The maximum Gasteiger partial charge on any atom is 0.338 e. The molecule has 8 heteroatoms. The third kappa shape index (κ3) is 5.13. The molecular weight excluding hydrogens is 397 g/mol. The number of hydrogen-bond donors (Lipinski definition) is 0. The van der Waals surface area contributed by atoms with E-state index in [2.05, 4.69) is 0 Å². The van der Waals surface area contributed by atoms with Crippen LogP contribution in [0.3, 0.4) is 0 Å². The Morgan fingerprint density at radius 3 is 2.28 bits per heavy atom. The fourth-order valence-corrected chi connectivity index (χ4v) is 4.74. The van der Waals surface area contributed by atoms with Crippen molar-refractivity contribution in [3.63, 3.8) is 0 Å². The molecule has 156 valence electrons. The molecule has 0 atom stereocenters. The van der Waals surface area contributed by atoms with E-state index in [4.69, 9.17) is 9.47 Å². The number of nitrogens with zero attached hydrogens (tertiary/aromatic N) is 1. The lowest BCUT2D eigenvalue weighted by atomic mass is 10.2. The van der Waals surface area contributed by atoms with Crippen LogP contribution >= 0.6 is 0 Å². The predicted octanol–water partition coefficient (Wildman–Crippen LogP) is 3.76. The summed E-state index contributed by atoms with van der Waals surface area (Å²) in [6, 6.07) is 10.0. The number of halogens is 1. The van der Waals surface area contributed by atoms with Gasteiger partial charge in [0.2, 0.25) is 10.0 Å². The van der Waals surface area contributed by atoms with Gasteiger partial charge in [-0.1, -0.05) is 18.9 Å². The van der Waals surface area contributed by atoms with Gasteiger partial charge in [0.25, 0.3) is 0 Å². The van der Waals surface area contributed by atoms with E-state index in [1.807, 2.05) is 0 Å². The maximum absolute atomic E-state index is 13.7. The number of benzene rings is 2. The Balaban J connectivity index is 1.64. The zero-order valence-corrected chi connectivity index (χ0v) is 17.1. The van der Waals surface area contributed by atoms with Gasteiger partial charge in [-0.05, 0) is 54.8 Å². The molecule has 0 unspecified atom stereocenters. The van der Waals surface area contributed by atoms with Gasteiger partial charge >= 0.3 is 5.97 Å². The number of hydrogen-bond acceptors (Lipinski definition) is 5. The molecule has 1 heterocycles. The molecule has 2 aromatic rings. The highest BCUT2D eigenvalue weighted by Crippen LogP contribution is 2.21. The van der Waals surface area contributed by atoms with Gasteiger partial charge in [-0.2, -0.15) is 4.31 Å². The topological polar surface area (TPSA) is 72.9 Å². The molecule has 0 amide bonds. The Morgan fingerprint density at radius 2 is 1.69 bits per heavy atom. The molecule has 0 saturated carbocycles. The van der Waals surface area contributed by atoms with E-state index in [1.54, 1.807) is 6.07 Å². The molecule has 0 radical (unpaired) electrons. The summed E-state index contributed by atoms with van der Waals surface area (Å²) in [7, 11) is -2.20. The van der Waals surface area contributed by atoms with Crippen LogP contribution in [0.15, 0.2) is 47.4 Å². The van der Waals surface area contributed by atoms with Gasteiger partial charge in [-0.3, -0.25) is 0 Å². The van der Waals surface area contributed by atoms with E-state index < -0.39 is 21.8 Å². The lowest BCUT2D eigenvalue weighted by Gasteiger charge is -2.20. The predicted molar refractivity (Wildman–Crippen MR) is 106 cm³/mol. The van der Waals surface area contributed by atoms with Crippen LogP contribution in [0, 0.1) is 5.82 Å². The molecule has 3 rings (SSSR count). The minimum absolute atomic E-state index is 0.104. The summed E-state index contributed by atoms with van der Waals surface area (Å²) in [5.41, 5.74) is 0.714. The molecule has 6 nitrogen and oxygen atoms in total. The highest BCUT2D eigenvalue weighted by atomic mass is 32.2. The van der Waals surface area contributed by atoms with Gasteiger partial charge in [0.15, 0.2) is 11.6 Å². The lowest BCUT2D eigenvalue weighted by molar-refractivity contribution is 0.0472. The lowest BCUT2D eigenvalue weighted by Crippen LogP contribution is -2.31. The second-order valence-electron chi connectivity index (χ2n) is 6.89. The normalized spacial score (nSPS) is 15.5. The van der Waals surface area contributed by atoms with E-state index in [9.17, 15) is 17.6 Å². The summed E-state index contributed by atoms with van der Waals surface area (Å²) in [5.74, 6) is -1.04. The number of esters is 1. The van der Waals surface area contributed by atoms with Crippen molar-refractivity contribution in [3.05, 3.63) is 59.4 Å². The van der Waals surface area contributed by atoms with Gasteiger partial charge < -0.3 is 9.47 Å². The first kappa shape index (κ1) is 21.3. The summed E-state index contributed by atoms with van der Waals surface area (Å²) in [5, 5.41) is 0. The van der Waals surface area contributed by atoms with Crippen LogP contribution in [0.2, 0.25) is 0 Å². The monoisotopic (exact) mass is 421 g/mol. The van der Waals surface area contributed by atoms with E-state index >= 15 is 0 Å². The van der Waals surface area contributed by atoms with Crippen LogP contribution in [-0.4, -0.2) is 38.9 Å². The minimum atomic E-state index is -3.57. The third-order valence-corrected chi connectivity index (χ3v) is 6.79. The molecule has 1 fully saturated rings. The zero-order chi connectivity index (χ0) is 20.9. The van der Waals surface area contributed by atoms with E-state index in [0.717, 1.165) is 25.7 Å². The quantitative estimate of drug-likeness (QED) is 0.664. The van der Waals surface area contributed by atoms with Crippen LogP contribution in [0.25, 0.3) is 0 Å². The van der Waals surface area contributed by atoms with Gasteiger partial charge in [-0.15, -0.1) is 0 Å². The number of carbonyl (C=O) groups is 1. The fourth-order valence-electron chi connectivity index (χ4n) is 3.23. The Bertz CT molecular complexity index is 952. The molecule has 0 aromatic heterocycles. The van der Waals surface area contributed by atoms with Crippen LogP contribution in [0.1, 0.15) is 41.6 Å². The number of carbonyl (C=O) groups excluding carboxylic acids is 1. The summed E-state index contributed by atoms with van der Waals surface area (Å²) in [6.45, 7) is 0.933. The fraction of sp³-hybridized carbons (Fsp3) is 0.381. The average Bonchev–Trinajstić information content (AvgIpc) is 3.02. The van der Waals surface area contributed by atoms with Gasteiger partial charge in [0.1, 0.15) is 6.61 Å². The number of ether oxygens (including phenoxy) is 2. The minimum Gasteiger partial charge on any atom is -0.494 e. The molecule has 1 aliphatic heterocycles. The van der Waals surface area contributed by atoms with Crippen LogP contribution < -0.4 is 4.74 Å². The van der Waals surface area contributed by atoms with Crippen molar-refractivity contribution in [1.82, 2.24) is 4.31 Å². The van der Waals surface area contributed by atoms with Crippen molar-refractivity contribution in [2.75, 3.05) is 20.2 Å². The molecule has 0 aliphatic carbocycles. The van der Waals surface area contributed by atoms with E-state index in [-0.39, 0.29) is 22.8 Å². The number of rotatable bonds is 6. The first-order valence-electron chi connectivity index (χ1n) is 9.51. The Labute approximate surface area is 170 Å². The van der Waals surface area contributed by atoms with Crippen molar-refractivity contribution >= 4 is 16.0 Å². The highest BCUT2D eigenvalue weighted by Gasteiger charge is 2.25. The second-order valence-corrected chi connectivity index (χ2v) is 8.83. The van der Waals surface area contributed by atoms with Gasteiger partial charge in [-0.25, -0.2) is 17.6 Å². The Hall–Kier alpha value is -2.45. The van der Waals surface area contributed by atoms with Crippen molar-refractivity contribution in [1.29, 1.82) is 0 Å². The highest BCUT2D eigenvalue weighted by molar-refractivity contribution is 7.89. The van der Waals surface area contributed by atoms with Crippen molar-refractivity contribution in [2.45, 2.75) is 37.2 Å².